The third-order valence-electron chi connectivity index (χ3n) is 4.98. The number of carbonyl (C=O) groups is 1. The second kappa shape index (κ2) is 6.16. The third-order valence-corrected chi connectivity index (χ3v) is 4.98. The Balaban J connectivity index is 1.65. The first-order chi connectivity index (χ1) is 11.7. The summed E-state index contributed by atoms with van der Waals surface area (Å²) >= 11 is 0. The van der Waals surface area contributed by atoms with E-state index in [0.717, 1.165) is 17.7 Å². The van der Waals surface area contributed by atoms with Gasteiger partial charge in [0.05, 0.1) is 7.11 Å². The fraction of sp³-hybridized carbons (Fsp3) is 0.286. The molecule has 0 bridgehead atoms. The molecule has 0 radical (unpaired) electrons. The molecule has 2 aromatic carbocycles. The van der Waals surface area contributed by atoms with E-state index in [9.17, 15) is 4.79 Å². The zero-order valence-corrected chi connectivity index (χ0v) is 13.9. The largest absolute Gasteiger partial charge is 0.497 e. The van der Waals surface area contributed by atoms with Gasteiger partial charge < -0.3 is 9.64 Å². The number of hydrogen-bond donors (Lipinski definition) is 0. The summed E-state index contributed by atoms with van der Waals surface area (Å²) < 4.78 is 5.30. The summed E-state index contributed by atoms with van der Waals surface area (Å²) in [4.78, 5) is 14.8. The summed E-state index contributed by atoms with van der Waals surface area (Å²) in [6.07, 6.45) is 5.94. The lowest BCUT2D eigenvalue weighted by atomic mass is 9.83. The van der Waals surface area contributed by atoms with Crippen molar-refractivity contribution in [3.8, 4) is 5.75 Å². The molecular formula is C21H21NO2. The number of benzene rings is 2. The maximum Gasteiger partial charge on any atom is 0.224 e. The predicted molar refractivity (Wildman–Crippen MR) is 93.9 cm³/mol. The van der Waals surface area contributed by atoms with Gasteiger partial charge in [-0.25, -0.2) is 0 Å². The van der Waals surface area contributed by atoms with E-state index >= 15 is 0 Å². The highest BCUT2D eigenvalue weighted by Gasteiger charge is 2.29. The van der Waals surface area contributed by atoms with Crippen LogP contribution < -0.4 is 4.74 Å². The standard InChI is InChI=1S/C21H21NO2/c1-24-19-10-2-5-15(11-19)13-22-14-18-9-4-7-16-6-3-8-17(21(16)18)12-20(22)23/h2-5,7-11,17H,6,12-14H2,1H3/t17-/m1/s1. The number of nitrogens with zero attached hydrogens (tertiary/aromatic N) is 1. The number of ether oxygens (including phenoxy) is 1. The van der Waals surface area contributed by atoms with Gasteiger partial charge in [-0.2, -0.15) is 0 Å². The van der Waals surface area contributed by atoms with Crippen LogP contribution in [0.5, 0.6) is 5.75 Å². The second-order valence-electron chi connectivity index (χ2n) is 6.53. The Morgan fingerprint density at radius 3 is 2.88 bits per heavy atom. The van der Waals surface area contributed by atoms with Crippen LogP contribution in [0, 0.1) is 0 Å². The third kappa shape index (κ3) is 2.71. The van der Waals surface area contributed by atoms with Crippen molar-refractivity contribution in [2.24, 2.45) is 0 Å². The van der Waals surface area contributed by atoms with Crippen molar-refractivity contribution in [2.45, 2.75) is 31.8 Å². The first-order valence-electron chi connectivity index (χ1n) is 8.42. The Labute approximate surface area is 142 Å². The van der Waals surface area contributed by atoms with Crippen molar-refractivity contribution >= 4 is 5.91 Å². The van der Waals surface area contributed by atoms with Gasteiger partial charge in [-0.15, -0.1) is 0 Å². The molecule has 2 aromatic rings. The SMILES string of the molecule is COc1cccc(CN2Cc3cccc4c3[C@H](C=CC4)CC2=O)c1. The van der Waals surface area contributed by atoms with Crippen LogP contribution in [-0.4, -0.2) is 17.9 Å². The summed E-state index contributed by atoms with van der Waals surface area (Å²) in [7, 11) is 1.67. The van der Waals surface area contributed by atoms with Crippen LogP contribution in [-0.2, 0) is 24.3 Å². The van der Waals surface area contributed by atoms with Crippen molar-refractivity contribution < 1.29 is 9.53 Å². The van der Waals surface area contributed by atoms with Crippen LogP contribution in [0.2, 0.25) is 0 Å². The minimum Gasteiger partial charge on any atom is -0.497 e. The second-order valence-corrected chi connectivity index (χ2v) is 6.53. The highest BCUT2D eigenvalue weighted by molar-refractivity contribution is 5.79. The molecule has 4 rings (SSSR count). The lowest BCUT2D eigenvalue weighted by Crippen LogP contribution is -2.28. The first kappa shape index (κ1) is 15.0. The summed E-state index contributed by atoms with van der Waals surface area (Å²) in [5, 5.41) is 0. The Morgan fingerprint density at radius 1 is 1.17 bits per heavy atom. The molecule has 0 spiro atoms. The average Bonchev–Trinajstić information content (AvgIpc) is 2.74. The number of amides is 1. The molecule has 3 nitrogen and oxygen atoms in total. The van der Waals surface area contributed by atoms with Gasteiger partial charge in [0.1, 0.15) is 5.75 Å². The molecule has 1 aliphatic carbocycles. The molecule has 2 aliphatic rings. The zero-order valence-electron chi connectivity index (χ0n) is 13.9. The Kier molecular flexibility index (Phi) is 3.85. The summed E-state index contributed by atoms with van der Waals surface area (Å²) in [5.74, 6) is 1.28. The molecule has 24 heavy (non-hydrogen) atoms. The maximum absolute atomic E-state index is 12.8. The average molecular weight is 319 g/mol. The Hall–Kier alpha value is -2.55. The van der Waals surface area contributed by atoms with Crippen molar-refractivity contribution in [1.82, 2.24) is 4.90 Å². The first-order valence-corrected chi connectivity index (χ1v) is 8.42. The fourth-order valence-electron chi connectivity index (χ4n) is 3.83. The van der Waals surface area contributed by atoms with Crippen LogP contribution in [0.1, 0.15) is 34.6 Å². The van der Waals surface area contributed by atoms with E-state index in [4.69, 9.17) is 4.74 Å². The molecule has 0 aromatic heterocycles. The van der Waals surface area contributed by atoms with Gasteiger partial charge in [-0.1, -0.05) is 42.5 Å². The van der Waals surface area contributed by atoms with Gasteiger partial charge in [0.2, 0.25) is 5.91 Å². The molecule has 0 saturated heterocycles. The van der Waals surface area contributed by atoms with Gasteiger partial charge in [0.25, 0.3) is 0 Å². The quantitative estimate of drug-likeness (QED) is 0.805. The van der Waals surface area contributed by atoms with Crippen molar-refractivity contribution in [2.75, 3.05) is 7.11 Å². The zero-order chi connectivity index (χ0) is 16.5. The maximum atomic E-state index is 12.8. The Morgan fingerprint density at radius 2 is 2.00 bits per heavy atom. The lowest BCUT2D eigenvalue weighted by molar-refractivity contribution is -0.132. The number of rotatable bonds is 3. The van der Waals surface area contributed by atoms with E-state index < -0.39 is 0 Å². The van der Waals surface area contributed by atoms with Gasteiger partial charge in [-0.3, -0.25) is 4.79 Å². The summed E-state index contributed by atoms with van der Waals surface area (Å²) in [5.41, 5.74) is 5.14. The molecule has 0 unspecified atom stereocenters. The summed E-state index contributed by atoms with van der Waals surface area (Å²) in [6, 6.07) is 14.4. The van der Waals surface area contributed by atoms with Gasteiger partial charge in [0, 0.05) is 25.4 Å². The van der Waals surface area contributed by atoms with E-state index in [0.29, 0.717) is 19.5 Å². The fourth-order valence-corrected chi connectivity index (χ4v) is 3.83. The van der Waals surface area contributed by atoms with E-state index in [1.165, 1.54) is 16.7 Å². The normalized spacial score (nSPS) is 19.0. The molecule has 3 heteroatoms. The Bertz CT molecular complexity index is 809. The molecule has 0 N–H and O–H groups in total. The molecule has 1 atom stereocenters. The lowest BCUT2D eigenvalue weighted by Gasteiger charge is -2.22. The van der Waals surface area contributed by atoms with Gasteiger partial charge in [-0.05, 0) is 40.8 Å². The molecule has 0 fully saturated rings. The minimum atomic E-state index is 0.219. The monoisotopic (exact) mass is 319 g/mol. The van der Waals surface area contributed by atoms with E-state index in [-0.39, 0.29) is 11.8 Å². The van der Waals surface area contributed by atoms with Crippen LogP contribution in [0.4, 0.5) is 0 Å². The van der Waals surface area contributed by atoms with E-state index in [2.05, 4.69) is 30.4 Å². The number of carbonyl (C=O) groups excluding carboxylic acids is 1. The molecule has 0 saturated carbocycles. The molecule has 1 aliphatic heterocycles. The molecular weight excluding hydrogens is 298 g/mol. The minimum absolute atomic E-state index is 0.219. The van der Waals surface area contributed by atoms with Crippen LogP contribution in [0.3, 0.4) is 0 Å². The van der Waals surface area contributed by atoms with Crippen LogP contribution in [0.25, 0.3) is 0 Å². The number of methoxy groups -OCH3 is 1. The topological polar surface area (TPSA) is 29.5 Å². The molecule has 1 amide bonds. The van der Waals surface area contributed by atoms with Gasteiger partial charge in [0.15, 0.2) is 0 Å². The highest BCUT2D eigenvalue weighted by Crippen LogP contribution is 2.36. The summed E-state index contributed by atoms with van der Waals surface area (Å²) in [6.45, 7) is 1.31. The van der Waals surface area contributed by atoms with E-state index in [1.54, 1.807) is 7.11 Å². The van der Waals surface area contributed by atoms with E-state index in [1.807, 2.05) is 29.2 Å². The van der Waals surface area contributed by atoms with Crippen LogP contribution in [0.15, 0.2) is 54.6 Å². The van der Waals surface area contributed by atoms with Crippen molar-refractivity contribution in [1.29, 1.82) is 0 Å². The number of hydrogen-bond acceptors (Lipinski definition) is 2. The van der Waals surface area contributed by atoms with Crippen molar-refractivity contribution in [3.05, 3.63) is 76.9 Å². The van der Waals surface area contributed by atoms with Gasteiger partial charge >= 0.3 is 0 Å². The highest BCUT2D eigenvalue weighted by atomic mass is 16.5. The smallest absolute Gasteiger partial charge is 0.224 e. The molecule has 1 heterocycles. The van der Waals surface area contributed by atoms with Crippen LogP contribution >= 0.6 is 0 Å². The van der Waals surface area contributed by atoms with Crippen molar-refractivity contribution in [3.63, 3.8) is 0 Å². The molecule has 122 valence electrons. The number of allylic oxidation sites excluding steroid dienone is 2. The predicted octanol–water partition coefficient (Wildman–Crippen LogP) is 3.82.